The average molecular weight is 241 g/mol. The van der Waals surface area contributed by atoms with Gasteiger partial charge in [0, 0.05) is 43.4 Å². The number of methoxy groups -OCH3 is 1. The van der Waals surface area contributed by atoms with Crippen molar-refractivity contribution in [1.82, 2.24) is 15.3 Å². The van der Waals surface area contributed by atoms with Crippen LogP contribution >= 0.6 is 11.8 Å². The molecule has 4 nitrogen and oxygen atoms in total. The van der Waals surface area contributed by atoms with Crippen LogP contribution in [0.25, 0.3) is 0 Å². The molecule has 0 bridgehead atoms. The van der Waals surface area contributed by atoms with Crippen LogP contribution in [0.3, 0.4) is 0 Å². The quantitative estimate of drug-likeness (QED) is 0.447. The van der Waals surface area contributed by atoms with E-state index in [2.05, 4.69) is 29.1 Å². The predicted molar refractivity (Wildman–Crippen MR) is 66.6 cm³/mol. The molecule has 1 rings (SSSR count). The lowest BCUT2D eigenvalue weighted by Gasteiger charge is -2.05. The Bertz CT molecular complexity index is 290. The van der Waals surface area contributed by atoms with Gasteiger partial charge in [-0.15, -0.1) is 0 Å². The first-order valence-electron chi connectivity index (χ1n) is 5.39. The molecule has 0 fully saturated rings. The molecule has 5 heteroatoms. The highest BCUT2D eigenvalue weighted by molar-refractivity contribution is 7.99. The van der Waals surface area contributed by atoms with Crippen LogP contribution in [0.5, 0.6) is 0 Å². The third-order valence-corrected chi connectivity index (χ3v) is 2.73. The van der Waals surface area contributed by atoms with Crippen molar-refractivity contribution in [1.29, 1.82) is 0 Å². The first kappa shape index (κ1) is 13.4. The molecule has 0 atom stereocenters. The largest absolute Gasteiger partial charge is 0.383 e. The summed E-state index contributed by atoms with van der Waals surface area (Å²) in [5, 5.41) is 4.61. The minimum absolute atomic E-state index is 0.519. The smallest absolute Gasteiger partial charge is 0.187 e. The van der Waals surface area contributed by atoms with Crippen LogP contribution in [0.15, 0.2) is 17.6 Å². The van der Waals surface area contributed by atoms with Gasteiger partial charge in [0.2, 0.25) is 0 Å². The van der Waals surface area contributed by atoms with E-state index >= 15 is 0 Å². The summed E-state index contributed by atoms with van der Waals surface area (Å²) in [6.45, 7) is 6.62. The summed E-state index contributed by atoms with van der Waals surface area (Å²) in [7, 11) is 1.70. The molecular formula is C11H19N3OS. The van der Waals surface area contributed by atoms with Crippen LogP contribution < -0.4 is 5.32 Å². The van der Waals surface area contributed by atoms with E-state index < -0.39 is 0 Å². The molecule has 90 valence electrons. The van der Waals surface area contributed by atoms with Gasteiger partial charge in [-0.3, -0.25) is 0 Å². The first-order valence-corrected chi connectivity index (χ1v) is 6.27. The number of aromatic nitrogens is 2. The zero-order valence-corrected chi connectivity index (χ0v) is 10.9. The minimum atomic E-state index is 0.519. The zero-order valence-electron chi connectivity index (χ0n) is 10.1. The van der Waals surface area contributed by atoms with E-state index in [1.165, 1.54) is 0 Å². The maximum Gasteiger partial charge on any atom is 0.187 e. The van der Waals surface area contributed by atoms with Crippen LogP contribution in [-0.2, 0) is 11.3 Å². The molecule has 0 unspecified atom stereocenters. The molecule has 0 radical (unpaired) electrons. The summed E-state index contributed by atoms with van der Waals surface area (Å²) in [5.41, 5.74) is 1.10. The Morgan fingerprint density at radius 1 is 1.38 bits per heavy atom. The van der Waals surface area contributed by atoms with Crippen LogP contribution in [0.1, 0.15) is 19.4 Å². The summed E-state index contributed by atoms with van der Waals surface area (Å²) in [5.74, 6) is 0. The third-order valence-electron chi connectivity index (χ3n) is 1.83. The lowest BCUT2D eigenvalue weighted by Crippen LogP contribution is -2.18. The standard InChI is InChI=1S/C11H19N3OS/c1-9(2)16-11-13-7-10(8-14-11)6-12-4-5-15-3/h7-9,12H,4-6H2,1-3H3. The number of ether oxygens (including phenoxy) is 1. The molecule has 16 heavy (non-hydrogen) atoms. The van der Waals surface area contributed by atoms with Gasteiger partial charge >= 0.3 is 0 Å². The second-order valence-electron chi connectivity index (χ2n) is 3.71. The molecular weight excluding hydrogens is 222 g/mol. The van der Waals surface area contributed by atoms with Gasteiger partial charge in [0.25, 0.3) is 0 Å². The van der Waals surface area contributed by atoms with Gasteiger partial charge in [-0.2, -0.15) is 0 Å². The van der Waals surface area contributed by atoms with Gasteiger partial charge in [-0.05, 0) is 0 Å². The molecule has 0 spiro atoms. The number of nitrogens with one attached hydrogen (secondary N) is 1. The second-order valence-corrected chi connectivity index (χ2v) is 5.25. The normalized spacial score (nSPS) is 11.0. The highest BCUT2D eigenvalue weighted by atomic mass is 32.2. The Morgan fingerprint density at radius 2 is 2.06 bits per heavy atom. The Hall–Kier alpha value is -0.650. The summed E-state index contributed by atoms with van der Waals surface area (Å²) < 4.78 is 4.95. The summed E-state index contributed by atoms with van der Waals surface area (Å²) in [6, 6.07) is 0. The van der Waals surface area contributed by atoms with Gasteiger partial charge in [0.1, 0.15) is 0 Å². The third kappa shape index (κ3) is 5.44. The number of hydrogen-bond donors (Lipinski definition) is 1. The van der Waals surface area contributed by atoms with Crippen molar-refractivity contribution in [2.75, 3.05) is 20.3 Å². The Balaban J connectivity index is 2.33. The Morgan fingerprint density at radius 3 is 2.62 bits per heavy atom. The van der Waals surface area contributed by atoms with E-state index in [4.69, 9.17) is 4.74 Å². The van der Waals surface area contributed by atoms with Crippen molar-refractivity contribution in [3.8, 4) is 0 Å². The molecule has 0 saturated heterocycles. The fraction of sp³-hybridized carbons (Fsp3) is 0.636. The molecule has 0 aliphatic carbocycles. The van der Waals surface area contributed by atoms with Gasteiger partial charge in [-0.1, -0.05) is 25.6 Å². The van der Waals surface area contributed by atoms with Gasteiger partial charge in [0.05, 0.1) is 6.61 Å². The van der Waals surface area contributed by atoms with Gasteiger partial charge < -0.3 is 10.1 Å². The Kier molecular flexibility index (Phi) is 6.37. The van der Waals surface area contributed by atoms with Crippen molar-refractivity contribution in [3.63, 3.8) is 0 Å². The summed E-state index contributed by atoms with van der Waals surface area (Å²) >= 11 is 1.68. The van der Waals surface area contributed by atoms with E-state index in [1.54, 1.807) is 18.9 Å². The number of rotatable bonds is 7. The molecule has 0 amide bonds. The number of nitrogens with zero attached hydrogens (tertiary/aromatic N) is 2. The summed E-state index contributed by atoms with van der Waals surface area (Å²) in [4.78, 5) is 8.60. The van der Waals surface area contributed by atoms with E-state index in [1.807, 2.05) is 12.4 Å². The van der Waals surface area contributed by atoms with E-state index in [-0.39, 0.29) is 0 Å². The molecule has 0 aliphatic heterocycles. The minimum Gasteiger partial charge on any atom is -0.383 e. The van der Waals surface area contributed by atoms with Gasteiger partial charge in [-0.25, -0.2) is 9.97 Å². The molecule has 1 aromatic rings. The highest BCUT2D eigenvalue weighted by Gasteiger charge is 2.01. The van der Waals surface area contributed by atoms with Crippen molar-refractivity contribution in [3.05, 3.63) is 18.0 Å². The molecule has 0 aliphatic rings. The number of hydrogen-bond acceptors (Lipinski definition) is 5. The Labute approximate surface area is 101 Å². The second kappa shape index (κ2) is 7.60. The number of thioether (sulfide) groups is 1. The van der Waals surface area contributed by atoms with Crippen molar-refractivity contribution < 1.29 is 4.74 Å². The lowest BCUT2D eigenvalue weighted by atomic mass is 10.3. The van der Waals surface area contributed by atoms with Crippen molar-refractivity contribution in [2.45, 2.75) is 30.8 Å². The summed E-state index contributed by atoms with van der Waals surface area (Å²) in [6.07, 6.45) is 3.75. The van der Waals surface area contributed by atoms with Crippen LogP contribution in [0.2, 0.25) is 0 Å². The maximum atomic E-state index is 4.95. The van der Waals surface area contributed by atoms with Crippen LogP contribution in [-0.4, -0.2) is 35.5 Å². The van der Waals surface area contributed by atoms with Crippen LogP contribution in [0, 0.1) is 0 Å². The monoisotopic (exact) mass is 241 g/mol. The average Bonchev–Trinajstić information content (AvgIpc) is 2.26. The zero-order chi connectivity index (χ0) is 11.8. The molecule has 1 heterocycles. The fourth-order valence-corrected chi connectivity index (χ4v) is 1.76. The van der Waals surface area contributed by atoms with E-state index in [9.17, 15) is 0 Å². The maximum absolute atomic E-state index is 4.95. The molecule has 0 saturated carbocycles. The first-order chi connectivity index (χ1) is 7.72. The van der Waals surface area contributed by atoms with E-state index in [0.717, 1.165) is 30.4 Å². The topological polar surface area (TPSA) is 47.0 Å². The fourth-order valence-electron chi connectivity index (χ4n) is 1.11. The van der Waals surface area contributed by atoms with Crippen molar-refractivity contribution in [2.24, 2.45) is 0 Å². The molecule has 0 aromatic carbocycles. The van der Waals surface area contributed by atoms with Crippen molar-refractivity contribution >= 4 is 11.8 Å². The van der Waals surface area contributed by atoms with Crippen LogP contribution in [0.4, 0.5) is 0 Å². The highest BCUT2D eigenvalue weighted by Crippen LogP contribution is 2.17. The SMILES string of the molecule is COCCNCc1cnc(SC(C)C)nc1. The molecule has 1 aromatic heterocycles. The molecule has 1 N–H and O–H groups in total. The lowest BCUT2D eigenvalue weighted by molar-refractivity contribution is 0.199. The van der Waals surface area contributed by atoms with Gasteiger partial charge in [0.15, 0.2) is 5.16 Å². The van der Waals surface area contributed by atoms with E-state index in [0.29, 0.717) is 5.25 Å². The predicted octanol–water partition coefficient (Wildman–Crippen LogP) is 1.71.